The van der Waals surface area contributed by atoms with Gasteiger partial charge in [0.2, 0.25) is 10.0 Å². The van der Waals surface area contributed by atoms with Crippen molar-refractivity contribution in [3.05, 3.63) is 89.0 Å². The summed E-state index contributed by atoms with van der Waals surface area (Å²) in [5.41, 5.74) is 1.36. The van der Waals surface area contributed by atoms with E-state index in [0.29, 0.717) is 11.1 Å². The number of carboxylic acid groups (broad SMARTS) is 1. The third kappa shape index (κ3) is 7.32. The molecule has 3 aromatic rings. The first-order valence-electron chi connectivity index (χ1n) is 10.4. The molecule has 3 rings (SSSR count). The van der Waals surface area contributed by atoms with E-state index in [1.54, 1.807) is 36.4 Å². The highest BCUT2D eigenvalue weighted by Gasteiger charge is 2.25. The van der Waals surface area contributed by atoms with Gasteiger partial charge in [-0.25, -0.2) is 17.2 Å². The second-order valence-corrected chi connectivity index (χ2v) is 9.75. The van der Waals surface area contributed by atoms with E-state index in [9.17, 15) is 31.9 Å². The Morgan fingerprint density at radius 3 is 2.00 bits per heavy atom. The molecular weight excluding hydrogens is 502 g/mol. The van der Waals surface area contributed by atoms with Gasteiger partial charge in [-0.3, -0.25) is 9.59 Å². The van der Waals surface area contributed by atoms with Crippen molar-refractivity contribution in [1.82, 2.24) is 10.0 Å². The zero-order chi connectivity index (χ0) is 25.6. The first kappa shape index (κ1) is 26.3. The molecule has 1 atom stereocenters. The maximum absolute atomic E-state index is 13.2. The van der Waals surface area contributed by atoms with Crippen LogP contribution in [0, 0.1) is 11.6 Å². The van der Waals surface area contributed by atoms with Crippen molar-refractivity contribution in [2.75, 3.05) is 6.54 Å². The SMILES string of the molecule is O=C(NCCCC(NS(=O)(=O)c1ccc(-c2ccc(Cl)cc2)cc1)C(=O)O)c1cc(F)cc(F)c1. The molecule has 3 aromatic carbocycles. The molecule has 0 aromatic heterocycles. The van der Waals surface area contributed by atoms with E-state index in [-0.39, 0.29) is 29.8 Å². The lowest BCUT2D eigenvalue weighted by Crippen LogP contribution is -2.41. The molecule has 35 heavy (non-hydrogen) atoms. The number of nitrogens with one attached hydrogen (secondary N) is 2. The quantitative estimate of drug-likeness (QED) is 0.345. The van der Waals surface area contributed by atoms with Gasteiger partial charge >= 0.3 is 5.97 Å². The molecule has 0 heterocycles. The van der Waals surface area contributed by atoms with Crippen LogP contribution in [-0.4, -0.2) is 38.0 Å². The van der Waals surface area contributed by atoms with Gasteiger partial charge in [-0.2, -0.15) is 4.72 Å². The fraction of sp³-hybridized carbons (Fsp3) is 0.167. The van der Waals surface area contributed by atoms with Crippen LogP contribution in [0.25, 0.3) is 11.1 Å². The van der Waals surface area contributed by atoms with E-state index >= 15 is 0 Å². The van der Waals surface area contributed by atoms with Gasteiger partial charge in [0.15, 0.2) is 0 Å². The molecule has 3 N–H and O–H groups in total. The highest BCUT2D eigenvalue weighted by Crippen LogP contribution is 2.23. The van der Waals surface area contributed by atoms with E-state index in [2.05, 4.69) is 10.0 Å². The summed E-state index contributed by atoms with van der Waals surface area (Å²) in [5, 5.41) is 12.4. The standard InChI is InChI=1S/C24H21ClF2N2O5S/c25-18-7-3-15(4-8-18)16-5-9-21(10-6-16)35(33,34)29-22(24(31)32)2-1-11-28-23(30)17-12-19(26)14-20(27)13-17/h3-10,12-14,22,29H,1-2,11H2,(H,28,30)(H,31,32). The number of benzene rings is 3. The Morgan fingerprint density at radius 2 is 1.46 bits per heavy atom. The van der Waals surface area contributed by atoms with Gasteiger partial charge in [0.05, 0.1) is 4.90 Å². The largest absolute Gasteiger partial charge is 0.480 e. The highest BCUT2D eigenvalue weighted by atomic mass is 35.5. The topological polar surface area (TPSA) is 113 Å². The minimum atomic E-state index is -4.14. The van der Waals surface area contributed by atoms with Crippen LogP contribution in [0.1, 0.15) is 23.2 Å². The number of halogens is 3. The van der Waals surface area contributed by atoms with Crippen LogP contribution in [0.4, 0.5) is 8.78 Å². The summed E-state index contributed by atoms with van der Waals surface area (Å²) in [7, 11) is -4.14. The Hall–Kier alpha value is -3.34. The summed E-state index contributed by atoms with van der Waals surface area (Å²) in [4.78, 5) is 23.5. The zero-order valence-electron chi connectivity index (χ0n) is 18.2. The number of amides is 1. The van der Waals surface area contributed by atoms with Crippen molar-refractivity contribution in [1.29, 1.82) is 0 Å². The third-order valence-electron chi connectivity index (χ3n) is 5.02. The lowest BCUT2D eigenvalue weighted by molar-refractivity contribution is -0.139. The monoisotopic (exact) mass is 522 g/mol. The van der Waals surface area contributed by atoms with Gasteiger partial charge in [-0.05, 0) is 60.4 Å². The molecule has 0 radical (unpaired) electrons. The van der Waals surface area contributed by atoms with E-state index in [1.807, 2.05) is 0 Å². The van der Waals surface area contributed by atoms with E-state index in [0.717, 1.165) is 23.3 Å². The minimum Gasteiger partial charge on any atom is -0.480 e. The van der Waals surface area contributed by atoms with E-state index in [1.165, 1.54) is 12.1 Å². The number of sulfonamides is 1. The minimum absolute atomic E-state index is 0.0295. The number of hydrogen-bond acceptors (Lipinski definition) is 4. The van der Waals surface area contributed by atoms with Gasteiger partial charge in [-0.15, -0.1) is 0 Å². The first-order valence-corrected chi connectivity index (χ1v) is 12.3. The Morgan fingerprint density at radius 1 is 0.914 bits per heavy atom. The molecule has 1 unspecified atom stereocenters. The fourth-order valence-corrected chi connectivity index (χ4v) is 4.60. The first-order chi connectivity index (χ1) is 16.5. The molecule has 184 valence electrons. The van der Waals surface area contributed by atoms with E-state index in [4.69, 9.17) is 11.6 Å². The normalized spacial score (nSPS) is 12.2. The predicted molar refractivity (Wildman–Crippen MR) is 127 cm³/mol. The molecule has 11 heteroatoms. The second kappa shape index (κ2) is 11.4. The summed E-state index contributed by atoms with van der Waals surface area (Å²) in [6, 6.07) is 13.8. The molecule has 7 nitrogen and oxygen atoms in total. The smallest absolute Gasteiger partial charge is 0.321 e. The molecule has 0 aliphatic heterocycles. The molecule has 0 aliphatic rings. The number of carbonyl (C=O) groups excluding carboxylic acids is 1. The maximum atomic E-state index is 13.2. The molecule has 0 saturated carbocycles. The molecule has 0 saturated heterocycles. The van der Waals surface area contributed by atoms with Crippen molar-refractivity contribution in [2.24, 2.45) is 0 Å². The number of hydrogen-bond donors (Lipinski definition) is 3. The molecule has 0 fully saturated rings. The van der Waals surface area contributed by atoms with Crippen LogP contribution in [0.3, 0.4) is 0 Å². The number of rotatable bonds is 10. The van der Waals surface area contributed by atoms with Crippen LogP contribution in [-0.2, 0) is 14.8 Å². The zero-order valence-corrected chi connectivity index (χ0v) is 19.7. The van der Waals surface area contributed by atoms with Gasteiger partial charge in [-0.1, -0.05) is 35.9 Å². The average Bonchev–Trinajstić information content (AvgIpc) is 2.80. The Labute approximate surface area is 205 Å². The third-order valence-corrected chi connectivity index (χ3v) is 6.76. The fourth-order valence-electron chi connectivity index (χ4n) is 3.25. The summed E-state index contributed by atoms with van der Waals surface area (Å²) in [6.45, 7) is -0.0295. The van der Waals surface area contributed by atoms with Gasteiger partial charge in [0.1, 0.15) is 17.7 Å². The number of carbonyl (C=O) groups is 2. The van der Waals surface area contributed by atoms with Crippen LogP contribution < -0.4 is 10.0 Å². The summed E-state index contributed by atoms with van der Waals surface area (Å²) in [6.07, 6.45) is -0.0340. The average molecular weight is 523 g/mol. The molecule has 0 aliphatic carbocycles. The lowest BCUT2D eigenvalue weighted by Gasteiger charge is -2.15. The van der Waals surface area contributed by atoms with Crippen LogP contribution in [0.15, 0.2) is 71.6 Å². The van der Waals surface area contributed by atoms with Crippen LogP contribution in [0.5, 0.6) is 0 Å². The second-order valence-electron chi connectivity index (χ2n) is 7.60. The number of aliphatic carboxylic acids is 1. The Bertz CT molecular complexity index is 1300. The highest BCUT2D eigenvalue weighted by molar-refractivity contribution is 7.89. The van der Waals surface area contributed by atoms with Gasteiger partial charge in [0.25, 0.3) is 5.91 Å². The van der Waals surface area contributed by atoms with Crippen LogP contribution >= 0.6 is 11.6 Å². The van der Waals surface area contributed by atoms with Crippen LogP contribution in [0.2, 0.25) is 5.02 Å². The summed E-state index contributed by atoms with van der Waals surface area (Å²) < 4.78 is 54.0. The maximum Gasteiger partial charge on any atom is 0.321 e. The molecular formula is C24H21ClF2N2O5S. The van der Waals surface area contributed by atoms with Crippen molar-refractivity contribution in [3.8, 4) is 11.1 Å². The molecule has 0 spiro atoms. The Balaban J connectivity index is 1.58. The summed E-state index contributed by atoms with van der Waals surface area (Å²) in [5.74, 6) is -3.94. The van der Waals surface area contributed by atoms with Crippen molar-refractivity contribution >= 4 is 33.5 Å². The van der Waals surface area contributed by atoms with Crippen molar-refractivity contribution in [3.63, 3.8) is 0 Å². The van der Waals surface area contributed by atoms with E-state index < -0.39 is 39.6 Å². The Kier molecular flexibility index (Phi) is 8.55. The molecule has 0 bridgehead atoms. The summed E-state index contributed by atoms with van der Waals surface area (Å²) >= 11 is 5.87. The van der Waals surface area contributed by atoms with Gasteiger partial charge in [0, 0.05) is 23.2 Å². The lowest BCUT2D eigenvalue weighted by atomic mass is 10.1. The predicted octanol–water partition coefficient (Wildman–Crippen LogP) is 4.23. The van der Waals surface area contributed by atoms with Gasteiger partial charge < -0.3 is 10.4 Å². The van der Waals surface area contributed by atoms with Crippen molar-refractivity contribution in [2.45, 2.75) is 23.8 Å². The number of carboxylic acids is 1. The van der Waals surface area contributed by atoms with Crippen molar-refractivity contribution < 1.29 is 31.9 Å². The molecule has 1 amide bonds.